The third kappa shape index (κ3) is 1.54. The molecule has 0 fully saturated rings. The molecule has 3 heteroatoms. The molecule has 0 atom stereocenters. The zero-order valence-electron chi connectivity index (χ0n) is 6.67. The van der Waals surface area contributed by atoms with Crippen LogP contribution in [0.1, 0.15) is 5.56 Å². The molecule has 0 bridgehead atoms. The fourth-order valence-corrected chi connectivity index (χ4v) is 1.01. The molecule has 1 aromatic rings. The maximum absolute atomic E-state index is 12.9. The molecule has 0 saturated heterocycles. The molecule has 0 aliphatic heterocycles. The van der Waals surface area contributed by atoms with Crippen LogP contribution in [0, 0.1) is 17.1 Å². The average molecular weight is 165 g/mol. The molecule has 62 valence electrons. The first-order chi connectivity index (χ1) is 5.79. The van der Waals surface area contributed by atoms with Crippen LogP contribution in [-0.2, 0) is 6.42 Å². The lowest BCUT2D eigenvalue weighted by Gasteiger charge is -2.05. The van der Waals surface area contributed by atoms with E-state index in [1.807, 2.05) is 6.07 Å². The van der Waals surface area contributed by atoms with Gasteiger partial charge in [-0.2, -0.15) is 5.26 Å². The normalized spacial score (nSPS) is 9.08. The van der Waals surface area contributed by atoms with E-state index in [9.17, 15) is 4.39 Å². The van der Waals surface area contributed by atoms with Crippen LogP contribution < -0.4 is 4.74 Å². The first-order valence-corrected chi connectivity index (χ1v) is 3.48. The molecule has 0 saturated carbocycles. The predicted molar refractivity (Wildman–Crippen MR) is 42.3 cm³/mol. The SMILES string of the molecule is COc1c(F)cccc1CC#N. The van der Waals surface area contributed by atoms with Gasteiger partial charge >= 0.3 is 0 Å². The van der Waals surface area contributed by atoms with Crippen molar-refractivity contribution < 1.29 is 9.13 Å². The van der Waals surface area contributed by atoms with Crippen molar-refractivity contribution >= 4 is 0 Å². The second-order valence-corrected chi connectivity index (χ2v) is 2.27. The highest BCUT2D eigenvalue weighted by Crippen LogP contribution is 2.21. The van der Waals surface area contributed by atoms with Crippen molar-refractivity contribution in [1.29, 1.82) is 5.26 Å². The smallest absolute Gasteiger partial charge is 0.165 e. The third-order valence-corrected chi connectivity index (χ3v) is 1.52. The maximum Gasteiger partial charge on any atom is 0.165 e. The Labute approximate surface area is 70.2 Å². The van der Waals surface area contributed by atoms with Crippen LogP contribution in [0.2, 0.25) is 0 Å². The van der Waals surface area contributed by atoms with E-state index in [2.05, 4.69) is 0 Å². The summed E-state index contributed by atoms with van der Waals surface area (Å²) in [6, 6.07) is 6.48. The topological polar surface area (TPSA) is 33.0 Å². The van der Waals surface area contributed by atoms with Gasteiger partial charge in [-0.1, -0.05) is 12.1 Å². The number of para-hydroxylation sites is 1. The number of rotatable bonds is 2. The van der Waals surface area contributed by atoms with E-state index in [1.165, 1.54) is 13.2 Å². The maximum atomic E-state index is 12.9. The van der Waals surface area contributed by atoms with Crippen LogP contribution in [0.4, 0.5) is 4.39 Å². The summed E-state index contributed by atoms with van der Waals surface area (Å²) in [5.41, 5.74) is 0.583. The lowest BCUT2D eigenvalue weighted by Crippen LogP contribution is -1.93. The van der Waals surface area contributed by atoms with Gasteiger partial charge in [0.1, 0.15) is 0 Å². The highest BCUT2D eigenvalue weighted by molar-refractivity contribution is 5.36. The Balaban J connectivity index is 3.11. The molecule has 0 amide bonds. The fourth-order valence-electron chi connectivity index (χ4n) is 1.01. The number of nitriles is 1. The second-order valence-electron chi connectivity index (χ2n) is 2.27. The van der Waals surface area contributed by atoms with Crippen LogP contribution >= 0.6 is 0 Å². The highest BCUT2D eigenvalue weighted by atomic mass is 19.1. The standard InChI is InChI=1S/C9H8FNO/c1-12-9-7(5-6-11)3-2-4-8(9)10/h2-4H,5H2,1H3. The molecule has 0 aliphatic rings. The van der Waals surface area contributed by atoms with Crippen molar-refractivity contribution in [2.75, 3.05) is 7.11 Å². The zero-order valence-corrected chi connectivity index (χ0v) is 6.67. The molecular weight excluding hydrogens is 157 g/mol. The van der Waals surface area contributed by atoms with Crippen molar-refractivity contribution in [3.05, 3.63) is 29.6 Å². The Morgan fingerprint density at radius 2 is 2.33 bits per heavy atom. The predicted octanol–water partition coefficient (Wildman–Crippen LogP) is 1.90. The second kappa shape index (κ2) is 3.72. The summed E-state index contributed by atoms with van der Waals surface area (Å²) in [4.78, 5) is 0. The number of ether oxygens (including phenoxy) is 1. The molecule has 12 heavy (non-hydrogen) atoms. The van der Waals surface area contributed by atoms with Gasteiger partial charge in [-0.25, -0.2) is 4.39 Å². The summed E-state index contributed by atoms with van der Waals surface area (Å²) in [5.74, 6) is -0.260. The quantitative estimate of drug-likeness (QED) is 0.670. The minimum Gasteiger partial charge on any atom is -0.493 e. The van der Waals surface area contributed by atoms with Gasteiger partial charge in [-0.15, -0.1) is 0 Å². The Kier molecular flexibility index (Phi) is 2.65. The Hall–Kier alpha value is -1.56. The number of nitrogens with zero attached hydrogens (tertiary/aromatic N) is 1. The van der Waals surface area contributed by atoms with Crippen LogP contribution in [0.3, 0.4) is 0 Å². The monoisotopic (exact) mass is 165 g/mol. The first-order valence-electron chi connectivity index (χ1n) is 3.48. The molecule has 0 spiro atoms. The van der Waals surface area contributed by atoms with Crippen molar-refractivity contribution in [2.24, 2.45) is 0 Å². The molecular formula is C9H8FNO. The fraction of sp³-hybridized carbons (Fsp3) is 0.222. The summed E-state index contributed by atoms with van der Waals surface area (Å²) in [5, 5.41) is 8.40. The zero-order chi connectivity index (χ0) is 8.97. The third-order valence-electron chi connectivity index (χ3n) is 1.52. The minimum absolute atomic E-state index is 0.166. The van der Waals surface area contributed by atoms with Gasteiger partial charge in [0.25, 0.3) is 0 Å². The summed E-state index contributed by atoms with van der Waals surface area (Å²) in [6.07, 6.45) is 0.168. The summed E-state index contributed by atoms with van der Waals surface area (Å²) in [7, 11) is 1.39. The lowest BCUT2D eigenvalue weighted by molar-refractivity contribution is 0.382. The van der Waals surface area contributed by atoms with Gasteiger partial charge in [0.05, 0.1) is 19.6 Å². The molecule has 2 nitrogen and oxygen atoms in total. The number of halogens is 1. The molecule has 0 aromatic heterocycles. The first kappa shape index (κ1) is 8.54. The van der Waals surface area contributed by atoms with Crippen LogP contribution in [0.5, 0.6) is 5.75 Å². The molecule has 0 N–H and O–H groups in total. The average Bonchev–Trinajstić information content (AvgIpc) is 2.05. The number of hydrogen-bond acceptors (Lipinski definition) is 2. The molecule has 1 aromatic carbocycles. The van der Waals surface area contributed by atoms with Crippen molar-refractivity contribution in [2.45, 2.75) is 6.42 Å². The molecule has 0 aliphatic carbocycles. The van der Waals surface area contributed by atoms with E-state index in [0.29, 0.717) is 5.56 Å². The minimum atomic E-state index is -0.426. The summed E-state index contributed by atoms with van der Waals surface area (Å²) >= 11 is 0. The van der Waals surface area contributed by atoms with E-state index >= 15 is 0 Å². The summed E-state index contributed by atoms with van der Waals surface area (Å²) in [6.45, 7) is 0. The van der Waals surface area contributed by atoms with Crippen molar-refractivity contribution in [1.82, 2.24) is 0 Å². The van der Waals surface area contributed by atoms with Gasteiger partial charge < -0.3 is 4.74 Å². The number of methoxy groups -OCH3 is 1. The van der Waals surface area contributed by atoms with Gasteiger partial charge in [0.2, 0.25) is 0 Å². The molecule has 1 rings (SSSR count). The Bertz CT molecular complexity index is 317. The van der Waals surface area contributed by atoms with E-state index in [0.717, 1.165) is 0 Å². The highest BCUT2D eigenvalue weighted by Gasteiger charge is 2.06. The van der Waals surface area contributed by atoms with Gasteiger partial charge in [0.15, 0.2) is 11.6 Å². The van der Waals surface area contributed by atoms with Crippen LogP contribution in [0.25, 0.3) is 0 Å². The summed E-state index contributed by atoms with van der Waals surface area (Å²) < 4.78 is 17.7. The van der Waals surface area contributed by atoms with Crippen molar-refractivity contribution in [3.8, 4) is 11.8 Å². The van der Waals surface area contributed by atoms with Gasteiger partial charge in [-0.3, -0.25) is 0 Å². The van der Waals surface area contributed by atoms with E-state index in [1.54, 1.807) is 12.1 Å². The molecule has 0 unspecified atom stereocenters. The Morgan fingerprint density at radius 1 is 1.58 bits per heavy atom. The molecule has 0 heterocycles. The van der Waals surface area contributed by atoms with Crippen LogP contribution in [-0.4, -0.2) is 7.11 Å². The van der Waals surface area contributed by atoms with Gasteiger partial charge in [-0.05, 0) is 6.07 Å². The lowest BCUT2D eigenvalue weighted by atomic mass is 10.1. The van der Waals surface area contributed by atoms with E-state index < -0.39 is 5.82 Å². The van der Waals surface area contributed by atoms with Gasteiger partial charge in [0, 0.05) is 5.56 Å². The number of hydrogen-bond donors (Lipinski definition) is 0. The van der Waals surface area contributed by atoms with E-state index in [-0.39, 0.29) is 12.2 Å². The number of benzene rings is 1. The van der Waals surface area contributed by atoms with Crippen LogP contribution in [0.15, 0.2) is 18.2 Å². The van der Waals surface area contributed by atoms with Crippen molar-refractivity contribution in [3.63, 3.8) is 0 Å². The Morgan fingerprint density at radius 3 is 2.92 bits per heavy atom. The molecule has 0 radical (unpaired) electrons. The largest absolute Gasteiger partial charge is 0.493 e. The van der Waals surface area contributed by atoms with E-state index in [4.69, 9.17) is 10.00 Å².